The van der Waals surface area contributed by atoms with Gasteiger partial charge in [0.15, 0.2) is 5.75 Å². The molecule has 7 nitrogen and oxygen atoms in total. The summed E-state index contributed by atoms with van der Waals surface area (Å²) in [6, 6.07) is 4.81. The summed E-state index contributed by atoms with van der Waals surface area (Å²) in [4.78, 5) is 40.8. The van der Waals surface area contributed by atoms with Gasteiger partial charge in [-0.3, -0.25) is 9.78 Å². The number of aromatic nitrogens is 1. The third kappa shape index (κ3) is 5.56. The van der Waals surface area contributed by atoms with E-state index in [1.165, 1.54) is 19.2 Å². The monoisotopic (exact) mass is 493 g/mol. The van der Waals surface area contributed by atoms with Crippen molar-refractivity contribution in [3.63, 3.8) is 0 Å². The number of imide groups is 1. The van der Waals surface area contributed by atoms with Gasteiger partial charge in [0.2, 0.25) is 0 Å². The fourth-order valence-corrected chi connectivity index (χ4v) is 3.56. The van der Waals surface area contributed by atoms with Crippen molar-refractivity contribution >= 4 is 35.4 Å². The number of hydrogen-bond acceptors (Lipinski definition) is 6. The van der Waals surface area contributed by atoms with E-state index in [1.54, 1.807) is 0 Å². The second kappa shape index (κ2) is 8.57. The zero-order chi connectivity index (χ0) is 24.6. The summed E-state index contributed by atoms with van der Waals surface area (Å²) in [7, 11) is 0. The summed E-state index contributed by atoms with van der Waals surface area (Å²) in [6.07, 6.45) is -3.57. The van der Waals surface area contributed by atoms with Crippen molar-refractivity contribution < 1.29 is 45.5 Å². The van der Waals surface area contributed by atoms with Crippen molar-refractivity contribution in [2.24, 2.45) is 0 Å². The van der Waals surface area contributed by atoms with Crippen LogP contribution in [0.15, 0.2) is 47.6 Å². The predicted octanol–water partition coefficient (Wildman–Crippen LogP) is 4.22. The number of urea groups is 1. The van der Waals surface area contributed by atoms with Crippen LogP contribution in [0.25, 0.3) is 0 Å². The number of hydrogen-bond donors (Lipinski definition) is 1. The maximum Gasteiger partial charge on any atom is 0.491 e. The molecule has 3 amide bonds. The lowest BCUT2D eigenvalue weighted by Gasteiger charge is -2.23. The molecule has 0 saturated carbocycles. The van der Waals surface area contributed by atoms with Gasteiger partial charge < -0.3 is 10.1 Å². The summed E-state index contributed by atoms with van der Waals surface area (Å²) >= 11 is -0.368. The topological polar surface area (TPSA) is 88.6 Å². The number of halogens is 6. The molecule has 176 valence electrons. The Kier molecular flexibility index (Phi) is 6.33. The number of amides is 3. The molecular weight excluding hydrogens is 480 g/mol. The molecule has 1 aromatic heterocycles. The maximum absolute atomic E-state index is 13.0. The van der Waals surface area contributed by atoms with E-state index in [0.717, 1.165) is 30.5 Å². The van der Waals surface area contributed by atoms with Gasteiger partial charge in [0, 0.05) is 23.1 Å². The molecule has 1 fully saturated rings. The van der Waals surface area contributed by atoms with Crippen molar-refractivity contribution in [3.8, 4) is 5.75 Å². The lowest BCUT2D eigenvalue weighted by molar-refractivity contribution is -0.189. The molecular formula is C19H13F6N3O4S. The molecule has 3 rings (SSSR count). The summed E-state index contributed by atoms with van der Waals surface area (Å²) in [6.45, 7) is 1.30. The molecule has 0 unspecified atom stereocenters. The normalized spacial score (nSPS) is 18.9. The van der Waals surface area contributed by atoms with Crippen molar-refractivity contribution in [1.29, 1.82) is 0 Å². The molecule has 33 heavy (non-hydrogen) atoms. The van der Waals surface area contributed by atoms with Gasteiger partial charge in [-0.2, -0.15) is 26.3 Å². The molecule has 0 bridgehead atoms. The molecule has 1 aromatic carbocycles. The summed E-state index contributed by atoms with van der Waals surface area (Å²) in [5, 5.41) is 2.41. The number of benzene rings is 1. The number of anilines is 1. The van der Waals surface area contributed by atoms with Crippen LogP contribution >= 0.6 is 11.8 Å². The van der Waals surface area contributed by atoms with Crippen LogP contribution in [0.4, 0.5) is 36.8 Å². The predicted molar refractivity (Wildman–Crippen MR) is 102 cm³/mol. The van der Waals surface area contributed by atoms with Gasteiger partial charge in [0.25, 0.3) is 5.91 Å². The van der Waals surface area contributed by atoms with Crippen LogP contribution in [0.5, 0.6) is 5.75 Å². The number of pyridine rings is 1. The highest BCUT2D eigenvalue weighted by Crippen LogP contribution is 2.38. The highest BCUT2D eigenvalue weighted by molar-refractivity contribution is 8.00. The quantitative estimate of drug-likeness (QED) is 0.291. The first-order valence-electron chi connectivity index (χ1n) is 8.94. The minimum atomic E-state index is -5.26. The molecule has 2 heterocycles. The van der Waals surface area contributed by atoms with Gasteiger partial charge in [0.1, 0.15) is 5.54 Å². The zero-order valence-corrected chi connectivity index (χ0v) is 17.3. The van der Waals surface area contributed by atoms with Crippen molar-refractivity contribution in [2.45, 2.75) is 35.5 Å². The van der Waals surface area contributed by atoms with Crippen LogP contribution in [0.3, 0.4) is 0 Å². The van der Waals surface area contributed by atoms with E-state index < -0.39 is 40.9 Å². The molecule has 2 aromatic rings. The van der Waals surface area contributed by atoms with Gasteiger partial charge in [-0.1, -0.05) is 0 Å². The Balaban J connectivity index is 1.82. The number of rotatable bonds is 5. The Morgan fingerprint density at radius 3 is 2.33 bits per heavy atom. The third-order valence-electron chi connectivity index (χ3n) is 4.44. The molecule has 0 aliphatic carbocycles. The summed E-state index contributed by atoms with van der Waals surface area (Å²) in [5.41, 5.74) is -6.20. The van der Waals surface area contributed by atoms with E-state index in [0.29, 0.717) is 4.90 Å². The first-order chi connectivity index (χ1) is 15.2. The van der Waals surface area contributed by atoms with Crippen molar-refractivity contribution in [1.82, 2.24) is 10.3 Å². The lowest BCUT2D eigenvalue weighted by Crippen LogP contribution is -2.46. The van der Waals surface area contributed by atoms with E-state index >= 15 is 0 Å². The van der Waals surface area contributed by atoms with Gasteiger partial charge in [0.05, 0.1) is 11.9 Å². The van der Waals surface area contributed by atoms with Gasteiger partial charge in [-0.25, -0.2) is 14.5 Å². The van der Waals surface area contributed by atoms with Crippen molar-refractivity contribution in [2.75, 3.05) is 4.90 Å². The number of nitrogens with one attached hydrogen (secondary N) is 1. The largest absolute Gasteiger partial charge is 0.491 e. The van der Waals surface area contributed by atoms with Crippen LogP contribution in [0.2, 0.25) is 0 Å². The standard InChI is InChI=1S/C19H13F6N3O4S/c1-17(8-10-6-7-26-9-13(10)32-15(30)18(20,21)22)14(29)28(16(31)27-17)11-2-4-12(5-3-11)33-19(23,24)25/h2-7,9H,8H2,1H3,(H,27,31)/t17-/m1/s1. The first-order valence-corrected chi connectivity index (χ1v) is 9.76. The number of nitrogens with zero attached hydrogens (tertiary/aromatic N) is 2. The molecule has 0 spiro atoms. The Morgan fingerprint density at radius 1 is 1.12 bits per heavy atom. The van der Waals surface area contributed by atoms with E-state index in [2.05, 4.69) is 15.0 Å². The molecule has 1 saturated heterocycles. The highest BCUT2D eigenvalue weighted by atomic mass is 32.2. The van der Waals surface area contributed by atoms with Crippen LogP contribution in [-0.2, 0) is 16.0 Å². The highest BCUT2D eigenvalue weighted by Gasteiger charge is 2.49. The number of ether oxygens (including phenoxy) is 1. The van der Waals surface area contributed by atoms with Gasteiger partial charge >= 0.3 is 23.7 Å². The Morgan fingerprint density at radius 2 is 1.76 bits per heavy atom. The van der Waals surface area contributed by atoms with Gasteiger partial charge in [-0.05, 0) is 49.0 Å². The first kappa shape index (κ1) is 24.4. The second-order valence-corrected chi connectivity index (χ2v) is 8.13. The lowest BCUT2D eigenvalue weighted by atomic mass is 9.92. The Hall–Kier alpha value is -3.29. The summed E-state index contributed by atoms with van der Waals surface area (Å²) in [5.74, 6) is -3.84. The number of alkyl halides is 6. The van der Waals surface area contributed by atoms with Crippen molar-refractivity contribution in [3.05, 3.63) is 48.3 Å². The van der Waals surface area contributed by atoms with E-state index in [9.17, 15) is 40.7 Å². The van der Waals surface area contributed by atoms with E-state index in [4.69, 9.17) is 0 Å². The second-order valence-electron chi connectivity index (χ2n) is 6.99. The SMILES string of the molecule is C[C@]1(Cc2ccncc2OC(=O)C(F)(F)F)NC(=O)N(c2ccc(SC(F)(F)F)cc2)C1=O. The Labute approximate surface area is 186 Å². The number of thioether (sulfide) groups is 1. The molecule has 14 heteroatoms. The fourth-order valence-electron chi connectivity index (χ4n) is 3.02. The number of carbonyl (C=O) groups is 3. The maximum atomic E-state index is 13.0. The average molecular weight is 493 g/mol. The molecule has 0 radical (unpaired) electrons. The van der Waals surface area contributed by atoms with Crippen LogP contribution < -0.4 is 15.0 Å². The zero-order valence-electron chi connectivity index (χ0n) is 16.5. The Bertz CT molecular complexity index is 1090. The summed E-state index contributed by atoms with van der Waals surface area (Å²) < 4.78 is 79.4. The van der Waals surface area contributed by atoms with E-state index in [-0.39, 0.29) is 34.3 Å². The van der Waals surface area contributed by atoms with Crippen LogP contribution in [0.1, 0.15) is 12.5 Å². The smallest absolute Gasteiger partial charge is 0.418 e. The average Bonchev–Trinajstić information content (AvgIpc) is 2.90. The molecule has 1 aliphatic heterocycles. The van der Waals surface area contributed by atoms with Crippen LogP contribution in [-0.4, -0.2) is 40.1 Å². The third-order valence-corrected chi connectivity index (χ3v) is 5.18. The fraction of sp³-hybridized carbons (Fsp3) is 0.263. The minimum absolute atomic E-state index is 0.00815. The molecule has 1 N–H and O–H groups in total. The molecule has 1 aliphatic rings. The minimum Gasteiger partial charge on any atom is -0.418 e. The van der Waals surface area contributed by atoms with E-state index in [1.807, 2.05) is 0 Å². The number of carbonyl (C=O) groups excluding carboxylic acids is 3. The van der Waals surface area contributed by atoms with Gasteiger partial charge in [-0.15, -0.1) is 0 Å². The number of esters is 1. The van der Waals surface area contributed by atoms with Crippen LogP contribution in [0, 0.1) is 0 Å². The molecule has 1 atom stereocenters.